The molecule has 0 radical (unpaired) electrons. The van der Waals surface area contributed by atoms with Crippen LogP contribution in [-0.2, 0) is 0 Å². The van der Waals surface area contributed by atoms with E-state index in [0.717, 1.165) is 10.4 Å². The molecule has 0 fully saturated rings. The Labute approximate surface area is 166 Å². The summed E-state index contributed by atoms with van der Waals surface area (Å²) in [5.41, 5.74) is 1.58. The highest BCUT2D eigenvalue weighted by Gasteiger charge is 2.19. The third-order valence-electron chi connectivity index (χ3n) is 4.42. The summed E-state index contributed by atoms with van der Waals surface area (Å²) in [4.78, 5) is 14.6. The molecule has 0 aliphatic heterocycles. The molecular formula is C23H18O4S. The van der Waals surface area contributed by atoms with E-state index in [2.05, 4.69) is 0 Å². The Bertz CT molecular complexity index is 1190. The van der Waals surface area contributed by atoms with E-state index < -0.39 is 0 Å². The molecule has 2 aromatic carbocycles. The third-order valence-corrected chi connectivity index (χ3v) is 5.26. The van der Waals surface area contributed by atoms with Gasteiger partial charge in [0.05, 0.1) is 19.8 Å². The average molecular weight is 390 g/mol. The standard InChI is InChI=1S/C23H18O4S/c1-25-16-13-19(26-2)22-20(14-16)27-18(11-10-17-9-6-12-28-17)21(23(22)24)15-7-4-3-5-8-15/h3-14H,1-2H3/b11-10+. The lowest BCUT2D eigenvalue weighted by molar-refractivity contribution is 0.396. The smallest absolute Gasteiger partial charge is 0.204 e. The highest BCUT2D eigenvalue weighted by atomic mass is 32.1. The molecule has 4 nitrogen and oxygen atoms in total. The molecule has 0 aliphatic carbocycles. The lowest BCUT2D eigenvalue weighted by Crippen LogP contribution is -2.09. The van der Waals surface area contributed by atoms with E-state index in [1.54, 1.807) is 30.6 Å². The summed E-state index contributed by atoms with van der Waals surface area (Å²) in [5.74, 6) is 1.48. The Hall–Kier alpha value is -3.31. The SMILES string of the molecule is COc1cc(OC)c2c(=O)c(-c3ccccc3)c(/C=C/c3cccs3)oc2c1. The summed E-state index contributed by atoms with van der Waals surface area (Å²) in [6.07, 6.45) is 3.78. The van der Waals surface area contributed by atoms with Crippen molar-refractivity contribution in [3.8, 4) is 22.6 Å². The van der Waals surface area contributed by atoms with Crippen LogP contribution in [0, 0.1) is 0 Å². The topological polar surface area (TPSA) is 48.7 Å². The van der Waals surface area contributed by atoms with Gasteiger partial charge in [-0.3, -0.25) is 4.79 Å². The first-order chi connectivity index (χ1) is 13.7. The summed E-state index contributed by atoms with van der Waals surface area (Å²) in [6.45, 7) is 0. The molecule has 28 heavy (non-hydrogen) atoms. The maximum absolute atomic E-state index is 13.5. The van der Waals surface area contributed by atoms with Crippen molar-refractivity contribution in [2.75, 3.05) is 14.2 Å². The minimum absolute atomic E-state index is 0.141. The highest BCUT2D eigenvalue weighted by Crippen LogP contribution is 2.33. The Morgan fingerprint density at radius 3 is 2.46 bits per heavy atom. The molecule has 0 N–H and O–H groups in total. The van der Waals surface area contributed by atoms with Crippen molar-refractivity contribution in [1.82, 2.24) is 0 Å². The van der Waals surface area contributed by atoms with E-state index in [-0.39, 0.29) is 5.43 Å². The zero-order valence-corrected chi connectivity index (χ0v) is 16.3. The van der Waals surface area contributed by atoms with Crippen molar-refractivity contribution in [2.45, 2.75) is 0 Å². The van der Waals surface area contributed by atoms with Crippen molar-refractivity contribution in [3.05, 3.63) is 80.8 Å². The molecular weight excluding hydrogens is 372 g/mol. The number of thiophene rings is 1. The van der Waals surface area contributed by atoms with Crippen molar-refractivity contribution < 1.29 is 13.9 Å². The predicted octanol–water partition coefficient (Wildman–Crippen LogP) is 5.71. The fourth-order valence-electron chi connectivity index (χ4n) is 3.09. The largest absolute Gasteiger partial charge is 0.496 e. The number of hydrogen-bond donors (Lipinski definition) is 0. The van der Waals surface area contributed by atoms with Gasteiger partial charge in [0.25, 0.3) is 0 Å². The normalized spacial score (nSPS) is 11.2. The van der Waals surface area contributed by atoms with Gasteiger partial charge in [-0.05, 0) is 29.2 Å². The average Bonchev–Trinajstić information content (AvgIpc) is 3.25. The maximum Gasteiger partial charge on any atom is 0.204 e. The zero-order chi connectivity index (χ0) is 19.5. The van der Waals surface area contributed by atoms with Gasteiger partial charge >= 0.3 is 0 Å². The predicted molar refractivity (Wildman–Crippen MR) is 114 cm³/mol. The quantitative estimate of drug-likeness (QED) is 0.438. The summed E-state index contributed by atoms with van der Waals surface area (Å²) < 4.78 is 16.9. The van der Waals surface area contributed by atoms with E-state index in [4.69, 9.17) is 13.9 Å². The van der Waals surface area contributed by atoms with E-state index in [0.29, 0.717) is 33.8 Å². The van der Waals surface area contributed by atoms with Gasteiger partial charge in [-0.1, -0.05) is 36.4 Å². The van der Waals surface area contributed by atoms with Gasteiger partial charge in [-0.25, -0.2) is 0 Å². The van der Waals surface area contributed by atoms with Crippen LogP contribution < -0.4 is 14.9 Å². The lowest BCUT2D eigenvalue weighted by atomic mass is 10.0. The number of rotatable bonds is 5. The van der Waals surface area contributed by atoms with Crippen LogP contribution in [0.1, 0.15) is 10.6 Å². The first kappa shape index (κ1) is 18.1. The molecule has 0 amide bonds. The van der Waals surface area contributed by atoms with Crippen LogP contribution in [0.15, 0.2) is 69.2 Å². The summed E-state index contributed by atoms with van der Waals surface area (Å²) in [7, 11) is 3.09. The molecule has 0 atom stereocenters. The Morgan fingerprint density at radius 2 is 1.79 bits per heavy atom. The van der Waals surface area contributed by atoms with Crippen LogP contribution in [0.25, 0.3) is 34.2 Å². The molecule has 5 heteroatoms. The van der Waals surface area contributed by atoms with Crippen LogP contribution in [0.2, 0.25) is 0 Å². The number of ether oxygens (including phenoxy) is 2. The Kier molecular flexibility index (Phi) is 5.00. The molecule has 0 bridgehead atoms. The fraction of sp³-hybridized carbons (Fsp3) is 0.0870. The first-order valence-electron chi connectivity index (χ1n) is 8.71. The second kappa shape index (κ2) is 7.74. The maximum atomic E-state index is 13.5. The van der Waals surface area contributed by atoms with Gasteiger partial charge < -0.3 is 13.9 Å². The summed E-state index contributed by atoms with van der Waals surface area (Å²) >= 11 is 1.62. The van der Waals surface area contributed by atoms with Gasteiger partial charge in [0.1, 0.15) is 28.2 Å². The van der Waals surface area contributed by atoms with Gasteiger partial charge in [-0.2, -0.15) is 0 Å². The van der Waals surface area contributed by atoms with Crippen molar-refractivity contribution >= 4 is 34.5 Å². The molecule has 2 aromatic heterocycles. The molecule has 0 saturated carbocycles. The molecule has 0 unspecified atom stereocenters. The van der Waals surface area contributed by atoms with Crippen LogP contribution in [0.3, 0.4) is 0 Å². The zero-order valence-electron chi connectivity index (χ0n) is 15.5. The van der Waals surface area contributed by atoms with Crippen molar-refractivity contribution in [3.63, 3.8) is 0 Å². The van der Waals surface area contributed by atoms with E-state index in [1.165, 1.54) is 7.11 Å². The first-order valence-corrected chi connectivity index (χ1v) is 9.59. The third kappa shape index (κ3) is 3.32. The summed E-state index contributed by atoms with van der Waals surface area (Å²) in [6, 6.07) is 16.9. The van der Waals surface area contributed by atoms with Gasteiger partial charge in [-0.15, -0.1) is 11.3 Å². The molecule has 4 rings (SSSR count). The fourth-order valence-corrected chi connectivity index (χ4v) is 3.71. The van der Waals surface area contributed by atoms with Crippen LogP contribution in [0.5, 0.6) is 11.5 Å². The van der Waals surface area contributed by atoms with Gasteiger partial charge in [0.2, 0.25) is 5.43 Å². The minimum atomic E-state index is -0.141. The molecule has 140 valence electrons. The number of hydrogen-bond acceptors (Lipinski definition) is 5. The van der Waals surface area contributed by atoms with Crippen LogP contribution >= 0.6 is 11.3 Å². The van der Waals surface area contributed by atoms with E-state index >= 15 is 0 Å². The van der Waals surface area contributed by atoms with E-state index in [1.807, 2.05) is 60.0 Å². The molecule has 2 heterocycles. The summed E-state index contributed by atoms with van der Waals surface area (Å²) in [5, 5.41) is 2.40. The number of methoxy groups -OCH3 is 2. The minimum Gasteiger partial charge on any atom is -0.496 e. The van der Waals surface area contributed by atoms with Gasteiger partial charge in [0, 0.05) is 17.0 Å². The molecule has 0 saturated heterocycles. The number of fused-ring (bicyclic) bond motifs is 1. The van der Waals surface area contributed by atoms with Gasteiger partial charge in [0.15, 0.2) is 0 Å². The van der Waals surface area contributed by atoms with Crippen LogP contribution in [0.4, 0.5) is 0 Å². The van der Waals surface area contributed by atoms with Crippen molar-refractivity contribution in [2.24, 2.45) is 0 Å². The van der Waals surface area contributed by atoms with Crippen LogP contribution in [-0.4, -0.2) is 14.2 Å². The lowest BCUT2D eigenvalue weighted by Gasteiger charge is -2.11. The Balaban J connectivity index is 2.03. The highest BCUT2D eigenvalue weighted by molar-refractivity contribution is 7.10. The van der Waals surface area contributed by atoms with E-state index in [9.17, 15) is 4.79 Å². The molecule has 0 aliphatic rings. The van der Waals surface area contributed by atoms with Crippen molar-refractivity contribution in [1.29, 1.82) is 0 Å². The second-order valence-electron chi connectivity index (χ2n) is 6.09. The molecule has 4 aromatic rings. The monoisotopic (exact) mass is 390 g/mol. The second-order valence-corrected chi connectivity index (χ2v) is 7.07. The molecule has 0 spiro atoms. The number of benzene rings is 2. The Morgan fingerprint density at radius 1 is 0.964 bits per heavy atom.